The molecule has 0 aromatic carbocycles. The number of carbonyl (C=O) groups excluding carboxylic acids is 1. The molecule has 1 unspecified atom stereocenters. The first kappa shape index (κ1) is 12.1. The first-order valence-electron chi connectivity index (χ1n) is 5.87. The van der Waals surface area contributed by atoms with Crippen LogP contribution in [-0.2, 0) is 4.74 Å². The summed E-state index contributed by atoms with van der Waals surface area (Å²) in [5.41, 5.74) is 0. The van der Waals surface area contributed by atoms with E-state index in [9.17, 15) is 4.79 Å². The summed E-state index contributed by atoms with van der Waals surface area (Å²) in [4.78, 5) is 12.7. The highest BCUT2D eigenvalue weighted by atomic mass is 16.6. The molecule has 86 valence electrons. The van der Waals surface area contributed by atoms with Crippen LogP contribution >= 0.6 is 0 Å². The Kier molecular flexibility index (Phi) is 5.22. The summed E-state index contributed by atoms with van der Waals surface area (Å²) in [6, 6.07) is 0. The lowest BCUT2D eigenvalue weighted by molar-refractivity contribution is 0.130. The van der Waals surface area contributed by atoms with Crippen molar-refractivity contribution in [2.24, 2.45) is 0 Å². The molecule has 1 rings (SSSR count). The number of ether oxygens (including phenoxy) is 1. The lowest BCUT2D eigenvalue weighted by atomic mass is 10.1. The van der Waals surface area contributed by atoms with E-state index in [4.69, 9.17) is 4.74 Å². The smallest absolute Gasteiger partial charge is 0.414 e. The maximum absolute atomic E-state index is 11.2. The Balaban J connectivity index is 2.08. The van der Waals surface area contributed by atoms with Crippen LogP contribution in [0.3, 0.4) is 0 Å². The van der Waals surface area contributed by atoms with Crippen molar-refractivity contribution >= 4 is 6.09 Å². The highest BCUT2D eigenvalue weighted by molar-refractivity contribution is 5.70. The molecule has 1 atom stereocenters. The molecule has 1 amide bonds. The standard InChI is InChI=1S/C12H21NO2/c1-3-5-6-7-8-9-11-10-13(4-2)12(14)15-11/h4,11H,2-3,5-10H2,1H3. The van der Waals surface area contributed by atoms with E-state index in [1.54, 1.807) is 6.20 Å². The molecular formula is C12H21NO2. The van der Waals surface area contributed by atoms with Crippen LogP contribution in [0.4, 0.5) is 4.79 Å². The summed E-state index contributed by atoms with van der Waals surface area (Å²) in [6.07, 6.45) is 8.63. The van der Waals surface area contributed by atoms with E-state index in [0.717, 1.165) is 12.8 Å². The van der Waals surface area contributed by atoms with Gasteiger partial charge in [0.15, 0.2) is 0 Å². The first-order chi connectivity index (χ1) is 7.27. The summed E-state index contributed by atoms with van der Waals surface area (Å²) in [7, 11) is 0. The SMILES string of the molecule is C=CN1CC(CCCCCCC)OC1=O. The second-order valence-corrected chi connectivity index (χ2v) is 4.04. The van der Waals surface area contributed by atoms with Crippen LogP contribution in [0.2, 0.25) is 0 Å². The minimum absolute atomic E-state index is 0.0807. The molecule has 0 N–H and O–H groups in total. The lowest BCUT2D eigenvalue weighted by Crippen LogP contribution is -2.17. The number of cyclic esters (lactones) is 1. The summed E-state index contributed by atoms with van der Waals surface area (Å²) >= 11 is 0. The summed E-state index contributed by atoms with van der Waals surface area (Å²) in [5.74, 6) is 0. The van der Waals surface area contributed by atoms with E-state index in [-0.39, 0.29) is 12.2 Å². The van der Waals surface area contributed by atoms with Crippen LogP contribution in [0, 0.1) is 0 Å². The normalized spacial score (nSPS) is 20.5. The fourth-order valence-electron chi connectivity index (χ4n) is 1.82. The van der Waals surface area contributed by atoms with Gasteiger partial charge in [0, 0.05) is 6.20 Å². The molecule has 3 nitrogen and oxygen atoms in total. The molecule has 3 heteroatoms. The fourth-order valence-corrected chi connectivity index (χ4v) is 1.82. The number of unbranched alkanes of at least 4 members (excludes halogenated alkanes) is 4. The topological polar surface area (TPSA) is 29.5 Å². The van der Waals surface area contributed by atoms with Gasteiger partial charge in [0.2, 0.25) is 0 Å². The Hall–Kier alpha value is -0.990. The van der Waals surface area contributed by atoms with Gasteiger partial charge < -0.3 is 4.74 Å². The van der Waals surface area contributed by atoms with E-state index in [2.05, 4.69) is 13.5 Å². The van der Waals surface area contributed by atoms with Crippen molar-refractivity contribution in [2.45, 2.75) is 51.6 Å². The van der Waals surface area contributed by atoms with Crippen molar-refractivity contribution in [2.75, 3.05) is 6.54 Å². The number of hydrogen-bond acceptors (Lipinski definition) is 2. The molecule has 1 heterocycles. The van der Waals surface area contributed by atoms with E-state index in [1.165, 1.54) is 30.6 Å². The highest BCUT2D eigenvalue weighted by Gasteiger charge is 2.28. The van der Waals surface area contributed by atoms with Crippen molar-refractivity contribution in [3.05, 3.63) is 12.8 Å². The largest absolute Gasteiger partial charge is 0.444 e. The second-order valence-electron chi connectivity index (χ2n) is 4.04. The zero-order valence-electron chi connectivity index (χ0n) is 9.58. The summed E-state index contributed by atoms with van der Waals surface area (Å²) in [5, 5.41) is 0. The Morgan fingerprint density at radius 1 is 1.47 bits per heavy atom. The summed E-state index contributed by atoms with van der Waals surface area (Å²) < 4.78 is 5.19. The second kappa shape index (κ2) is 6.49. The molecule has 0 bridgehead atoms. The minimum Gasteiger partial charge on any atom is -0.444 e. The molecule has 0 radical (unpaired) electrons. The van der Waals surface area contributed by atoms with Crippen molar-refractivity contribution in [1.29, 1.82) is 0 Å². The zero-order chi connectivity index (χ0) is 11.1. The lowest BCUT2D eigenvalue weighted by Gasteiger charge is -2.07. The molecule has 0 aromatic rings. The average Bonchev–Trinajstić information content (AvgIpc) is 2.59. The van der Waals surface area contributed by atoms with E-state index in [0.29, 0.717) is 6.54 Å². The van der Waals surface area contributed by atoms with Gasteiger partial charge in [0.1, 0.15) is 6.10 Å². The molecule has 0 aromatic heterocycles. The Bertz CT molecular complexity index is 216. The predicted octanol–water partition coefficient (Wildman–Crippen LogP) is 3.31. The van der Waals surface area contributed by atoms with Crippen molar-refractivity contribution in [3.8, 4) is 0 Å². The number of carbonyl (C=O) groups is 1. The molecule has 1 fully saturated rings. The van der Waals surface area contributed by atoms with Gasteiger partial charge in [0.05, 0.1) is 6.54 Å². The van der Waals surface area contributed by atoms with Gasteiger partial charge >= 0.3 is 6.09 Å². The van der Waals surface area contributed by atoms with Gasteiger partial charge in [-0.1, -0.05) is 39.2 Å². The number of hydrogen-bond donors (Lipinski definition) is 0. The Morgan fingerprint density at radius 3 is 2.80 bits per heavy atom. The van der Waals surface area contributed by atoms with Gasteiger partial charge in [-0.25, -0.2) is 4.79 Å². The molecule has 1 aliphatic heterocycles. The predicted molar refractivity (Wildman–Crippen MR) is 60.5 cm³/mol. The number of amides is 1. The van der Waals surface area contributed by atoms with Crippen LogP contribution < -0.4 is 0 Å². The fraction of sp³-hybridized carbons (Fsp3) is 0.750. The van der Waals surface area contributed by atoms with Gasteiger partial charge in [-0.2, -0.15) is 0 Å². The monoisotopic (exact) mass is 211 g/mol. The maximum Gasteiger partial charge on any atom is 0.414 e. The minimum atomic E-state index is -0.247. The molecule has 15 heavy (non-hydrogen) atoms. The zero-order valence-corrected chi connectivity index (χ0v) is 9.58. The maximum atomic E-state index is 11.2. The van der Waals surface area contributed by atoms with E-state index < -0.39 is 0 Å². The van der Waals surface area contributed by atoms with Crippen LogP contribution in [-0.4, -0.2) is 23.6 Å². The van der Waals surface area contributed by atoms with Crippen LogP contribution in [0.15, 0.2) is 12.8 Å². The molecule has 0 saturated carbocycles. The van der Waals surface area contributed by atoms with Crippen molar-refractivity contribution < 1.29 is 9.53 Å². The number of nitrogens with zero attached hydrogens (tertiary/aromatic N) is 1. The van der Waals surface area contributed by atoms with Gasteiger partial charge in [0.25, 0.3) is 0 Å². The van der Waals surface area contributed by atoms with Gasteiger partial charge in [-0.3, -0.25) is 4.90 Å². The highest BCUT2D eigenvalue weighted by Crippen LogP contribution is 2.17. The van der Waals surface area contributed by atoms with Crippen molar-refractivity contribution in [3.63, 3.8) is 0 Å². The van der Waals surface area contributed by atoms with Crippen LogP contribution in [0.1, 0.15) is 45.4 Å². The Morgan fingerprint density at radius 2 is 2.20 bits per heavy atom. The van der Waals surface area contributed by atoms with Gasteiger partial charge in [-0.05, 0) is 12.8 Å². The third-order valence-electron chi connectivity index (χ3n) is 2.75. The molecule has 0 aliphatic carbocycles. The van der Waals surface area contributed by atoms with Crippen molar-refractivity contribution in [1.82, 2.24) is 4.90 Å². The summed E-state index contributed by atoms with van der Waals surface area (Å²) in [6.45, 7) is 6.46. The average molecular weight is 211 g/mol. The van der Waals surface area contributed by atoms with E-state index in [1.807, 2.05) is 0 Å². The van der Waals surface area contributed by atoms with Gasteiger partial charge in [-0.15, -0.1) is 0 Å². The van der Waals surface area contributed by atoms with Crippen LogP contribution in [0.25, 0.3) is 0 Å². The van der Waals surface area contributed by atoms with E-state index >= 15 is 0 Å². The molecule has 0 spiro atoms. The Labute approximate surface area is 92.1 Å². The third kappa shape index (κ3) is 3.94. The first-order valence-corrected chi connectivity index (χ1v) is 5.87. The molecular weight excluding hydrogens is 190 g/mol. The molecule has 1 saturated heterocycles. The van der Waals surface area contributed by atoms with Crippen LogP contribution in [0.5, 0.6) is 0 Å². The molecule has 1 aliphatic rings. The number of rotatable bonds is 7. The third-order valence-corrected chi connectivity index (χ3v) is 2.75. The quantitative estimate of drug-likeness (QED) is 0.605.